The zero-order valence-electron chi connectivity index (χ0n) is 15.5. The van der Waals surface area contributed by atoms with E-state index in [1.165, 1.54) is 29.0 Å². The number of carbonyl (C=O) groups excluding carboxylic acids is 1. The largest absolute Gasteiger partial charge is 0.355 e. The average molecular weight is 427 g/mol. The zero-order chi connectivity index (χ0) is 20.1. The first kappa shape index (κ1) is 19.6. The SMILES string of the molecule is O=C(CSCc1ccccc1)NCCc1csc2nc(-c3cccc(F)c3)nn12. The summed E-state index contributed by atoms with van der Waals surface area (Å²) in [5, 5.41) is 9.44. The molecule has 2 aromatic carbocycles. The fourth-order valence-corrected chi connectivity index (χ4v) is 4.54. The minimum atomic E-state index is -0.311. The molecule has 0 fully saturated rings. The van der Waals surface area contributed by atoms with Crippen LogP contribution in [0, 0.1) is 5.82 Å². The number of nitrogens with zero attached hydrogens (tertiary/aromatic N) is 3. The molecule has 0 bridgehead atoms. The van der Waals surface area contributed by atoms with E-state index >= 15 is 0 Å². The highest BCUT2D eigenvalue weighted by atomic mass is 32.2. The van der Waals surface area contributed by atoms with E-state index < -0.39 is 0 Å². The van der Waals surface area contributed by atoms with Gasteiger partial charge >= 0.3 is 0 Å². The molecule has 0 aliphatic rings. The number of aromatic nitrogens is 3. The molecule has 8 heteroatoms. The van der Waals surface area contributed by atoms with E-state index in [9.17, 15) is 9.18 Å². The van der Waals surface area contributed by atoms with E-state index in [2.05, 4.69) is 27.5 Å². The van der Waals surface area contributed by atoms with Gasteiger partial charge in [-0.05, 0) is 17.7 Å². The highest BCUT2D eigenvalue weighted by molar-refractivity contribution is 7.99. The summed E-state index contributed by atoms with van der Waals surface area (Å²) < 4.78 is 15.2. The Balaban J connectivity index is 1.29. The summed E-state index contributed by atoms with van der Waals surface area (Å²) >= 11 is 3.08. The van der Waals surface area contributed by atoms with E-state index in [0.717, 1.165) is 16.4 Å². The maximum Gasteiger partial charge on any atom is 0.230 e. The normalized spacial score (nSPS) is 11.1. The van der Waals surface area contributed by atoms with E-state index in [1.807, 2.05) is 23.6 Å². The third-order valence-electron chi connectivity index (χ3n) is 4.28. The molecule has 0 spiro atoms. The number of amides is 1. The minimum absolute atomic E-state index is 0.0245. The van der Waals surface area contributed by atoms with Crippen molar-refractivity contribution in [2.24, 2.45) is 0 Å². The average Bonchev–Trinajstić information content (AvgIpc) is 3.31. The topological polar surface area (TPSA) is 59.3 Å². The highest BCUT2D eigenvalue weighted by Crippen LogP contribution is 2.21. The molecule has 4 aromatic rings. The van der Waals surface area contributed by atoms with Crippen LogP contribution < -0.4 is 5.32 Å². The molecule has 0 aliphatic heterocycles. The Labute approximate surface area is 176 Å². The Morgan fingerprint density at radius 3 is 2.86 bits per heavy atom. The monoisotopic (exact) mass is 426 g/mol. The number of carbonyl (C=O) groups is 1. The second-order valence-electron chi connectivity index (χ2n) is 6.45. The first-order valence-electron chi connectivity index (χ1n) is 9.16. The van der Waals surface area contributed by atoms with Crippen LogP contribution in [-0.4, -0.2) is 32.8 Å². The molecule has 0 radical (unpaired) electrons. The van der Waals surface area contributed by atoms with E-state index in [-0.39, 0.29) is 11.7 Å². The van der Waals surface area contributed by atoms with Crippen molar-refractivity contribution < 1.29 is 9.18 Å². The molecule has 0 atom stereocenters. The predicted molar refractivity (Wildman–Crippen MR) is 116 cm³/mol. The van der Waals surface area contributed by atoms with E-state index in [1.54, 1.807) is 28.4 Å². The summed E-state index contributed by atoms with van der Waals surface area (Å²) in [4.78, 5) is 17.3. The fourth-order valence-electron chi connectivity index (χ4n) is 2.86. The van der Waals surface area contributed by atoms with Crippen LogP contribution in [0.4, 0.5) is 4.39 Å². The molecule has 4 rings (SSSR count). The van der Waals surface area contributed by atoms with Crippen LogP contribution >= 0.6 is 23.1 Å². The third-order valence-corrected chi connectivity index (χ3v) is 6.15. The molecule has 1 amide bonds. The number of nitrogens with one attached hydrogen (secondary N) is 1. The number of rotatable bonds is 8. The Bertz CT molecular complexity index is 1110. The molecule has 1 N–H and O–H groups in total. The van der Waals surface area contributed by atoms with Gasteiger partial charge in [0.25, 0.3) is 0 Å². The van der Waals surface area contributed by atoms with Crippen molar-refractivity contribution in [2.45, 2.75) is 12.2 Å². The van der Waals surface area contributed by atoms with Gasteiger partial charge in [0.2, 0.25) is 10.9 Å². The molecular formula is C21H19FN4OS2. The number of halogens is 1. The molecule has 2 aromatic heterocycles. The van der Waals surface area contributed by atoms with Crippen molar-refractivity contribution >= 4 is 34.0 Å². The predicted octanol–water partition coefficient (Wildman–Crippen LogP) is 4.19. The summed E-state index contributed by atoms with van der Waals surface area (Å²) in [6, 6.07) is 16.4. The van der Waals surface area contributed by atoms with Gasteiger partial charge in [0.05, 0.1) is 11.4 Å². The Kier molecular flexibility index (Phi) is 6.21. The van der Waals surface area contributed by atoms with Crippen LogP contribution in [0.5, 0.6) is 0 Å². The standard InChI is InChI=1S/C21H19FN4OS2/c22-17-8-4-7-16(11-17)20-24-21-26(25-20)18(13-29-21)9-10-23-19(27)14-28-12-15-5-2-1-3-6-15/h1-8,11,13H,9-10,12,14H2,(H,23,27). The van der Waals surface area contributed by atoms with Gasteiger partial charge in [-0.1, -0.05) is 42.5 Å². The second-order valence-corrected chi connectivity index (χ2v) is 8.27. The molecule has 0 saturated carbocycles. The van der Waals surface area contributed by atoms with Crippen LogP contribution in [0.3, 0.4) is 0 Å². The molecule has 0 saturated heterocycles. The first-order valence-corrected chi connectivity index (χ1v) is 11.2. The van der Waals surface area contributed by atoms with Crippen LogP contribution in [-0.2, 0) is 17.0 Å². The fraction of sp³-hybridized carbons (Fsp3) is 0.190. The maximum atomic E-state index is 13.4. The molecule has 2 heterocycles. The summed E-state index contributed by atoms with van der Waals surface area (Å²) in [6.07, 6.45) is 0.654. The highest BCUT2D eigenvalue weighted by Gasteiger charge is 2.12. The number of hydrogen-bond donors (Lipinski definition) is 1. The van der Waals surface area contributed by atoms with Crippen LogP contribution in [0.15, 0.2) is 60.0 Å². The molecule has 5 nitrogen and oxygen atoms in total. The lowest BCUT2D eigenvalue weighted by Gasteiger charge is -2.05. The van der Waals surface area contributed by atoms with Gasteiger partial charge in [0.1, 0.15) is 5.82 Å². The summed E-state index contributed by atoms with van der Waals surface area (Å²) in [5.74, 6) is 1.46. The molecule has 29 heavy (non-hydrogen) atoms. The summed E-state index contributed by atoms with van der Waals surface area (Å²) in [5.41, 5.74) is 2.83. The number of fused-ring (bicyclic) bond motifs is 1. The third kappa shape index (κ3) is 5.02. The van der Waals surface area contributed by atoms with Crippen molar-refractivity contribution in [3.05, 3.63) is 77.1 Å². The van der Waals surface area contributed by atoms with Gasteiger partial charge in [-0.25, -0.2) is 8.91 Å². The van der Waals surface area contributed by atoms with Crippen molar-refractivity contribution in [1.29, 1.82) is 0 Å². The summed E-state index contributed by atoms with van der Waals surface area (Å²) in [7, 11) is 0. The Morgan fingerprint density at radius 2 is 2.03 bits per heavy atom. The first-order chi connectivity index (χ1) is 14.2. The van der Waals surface area contributed by atoms with Gasteiger partial charge in [0.15, 0.2) is 5.82 Å². The zero-order valence-corrected chi connectivity index (χ0v) is 17.2. The van der Waals surface area contributed by atoms with Gasteiger partial charge in [-0.2, -0.15) is 4.98 Å². The molecular weight excluding hydrogens is 407 g/mol. The molecule has 148 valence electrons. The van der Waals surface area contributed by atoms with Gasteiger partial charge in [-0.3, -0.25) is 4.79 Å². The van der Waals surface area contributed by atoms with Gasteiger partial charge < -0.3 is 5.32 Å². The maximum absolute atomic E-state index is 13.4. The van der Waals surface area contributed by atoms with Crippen molar-refractivity contribution in [1.82, 2.24) is 19.9 Å². The lowest BCUT2D eigenvalue weighted by Crippen LogP contribution is -2.27. The number of thiazole rings is 1. The quantitative estimate of drug-likeness (QED) is 0.459. The van der Waals surface area contributed by atoms with Crippen molar-refractivity contribution in [2.75, 3.05) is 12.3 Å². The van der Waals surface area contributed by atoms with E-state index in [4.69, 9.17) is 0 Å². The molecule has 0 aliphatic carbocycles. The van der Waals surface area contributed by atoms with Gasteiger partial charge in [-0.15, -0.1) is 28.2 Å². The lowest BCUT2D eigenvalue weighted by molar-refractivity contribution is -0.118. The second kappa shape index (κ2) is 9.19. The molecule has 0 unspecified atom stereocenters. The van der Waals surface area contributed by atoms with Crippen molar-refractivity contribution in [3.8, 4) is 11.4 Å². The number of benzene rings is 2. The number of thioether (sulfide) groups is 1. The van der Waals surface area contributed by atoms with E-state index in [0.29, 0.717) is 30.1 Å². The van der Waals surface area contributed by atoms with Crippen LogP contribution in [0.25, 0.3) is 16.3 Å². The lowest BCUT2D eigenvalue weighted by atomic mass is 10.2. The van der Waals surface area contributed by atoms with Crippen molar-refractivity contribution in [3.63, 3.8) is 0 Å². The van der Waals surface area contributed by atoms with Gasteiger partial charge in [0, 0.05) is 29.7 Å². The Hall–Kier alpha value is -2.71. The number of hydrogen-bond acceptors (Lipinski definition) is 5. The smallest absolute Gasteiger partial charge is 0.230 e. The minimum Gasteiger partial charge on any atom is -0.355 e. The summed E-state index contributed by atoms with van der Waals surface area (Å²) in [6.45, 7) is 0.533. The van der Waals surface area contributed by atoms with Crippen LogP contribution in [0.2, 0.25) is 0 Å². The van der Waals surface area contributed by atoms with Crippen LogP contribution in [0.1, 0.15) is 11.3 Å². The Morgan fingerprint density at radius 1 is 1.17 bits per heavy atom.